The number of carbonyl (C=O) groups is 1. The second-order valence-electron chi connectivity index (χ2n) is 5.83. The van der Waals surface area contributed by atoms with E-state index in [0.717, 1.165) is 0 Å². The van der Waals surface area contributed by atoms with E-state index in [9.17, 15) is 13.2 Å². The fourth-order valence-corrected chi connectivity index (χ4v) is 4.41. The first-order valence-electron chi connectivity index (χ1n) is 8.17. The minimum atomic E-state index is -3.74. The van der Waals surface area contributed by atoms with Gasteiger partial charge in [0.15, 0.2) is 0 Å². The molecule has 0 atom stereocenters. The van der Waals surface area contributed by atoms with Crippen molar-refractivity contribution in [2.24, 2.45) is 0 Å². The summed E-state index contributed by atoms with van der Waals surface area (Å²) in [6, 6.07) is 11.0. The summed E-state index contributed by atoms with van der Waals surface area (Å²) >= 11 is 12.1. The zero-order valence-corrected chi connectivity index (χ0v) is 16.6. The van der Waals surface area contributed by atoms with Crippen LogP contribution < -0.4 is 0 Å². The molecule has 0 radical (unpaired) electrons. The molecule has 2 aromatic rings. The molecule has 0 spiro atoms. The maximum Gasteiger partial charge on any atom is 0.340 e. The average Bonchev–Trinajstić information content (AvgIpc) is 2.68. The predicted molar refractivity (Wildman–Crippen MR) is 102 cm³/mol. The summed E-state index contributed by atoms with van der Waals surface area (Å²) in [5.41, 5.74) is 0.624. The van der Waals surface area contributed by atoms with Crippen LogP contribution in [0.25, 0.3) is 0 Å². The van der Waals surface area contributed by atoms with Crippen LogP contribution in [0.2, 0.25) is 10.0 Å². The topological polar surface area (TPSA) is 72.9 Å². The number of hydrogen-bond acceptors (Lipinski definition) is 5. The van der Waals surface area contributed by atoms with Crippen molar-refractivity contribution in [3.05, 3.63) is 63.6 Å². The Morgan fingerprint density at radius 1 is 1.07 bits per heavy atom. The number of benzene rings is 2. The van der Waals surface area contributed by atoms with Crippen molar-refractivity contribution in [1.29, 1.82) is 0 Å². The van der Waals surface area contributed by atoms with Gasteiger partial charge in [0.25, 0.3) is 0 Å². The first-order valence-corrected chi connectivity index (χ1v) is 10.4. The number of sulfonamides is 1. The smallest absolute Gasteiger partial charge is 0.340 e. The maximum atomic E-state index is 12.8. The number of esters is 1. The van der Waals surface area contributed by atoms with Crippen molar-refractivity contribution < 1.29 is 22.7 Å². The van der Waals surface area contributed by atoms with Crippen LogP contribution in [0, 0.1) is 0 Å². The zero-order chi connectivity index (χ0) is 19.4. The normalized spacial score (nSPS) is 15.5. The molecular formula is C18H17Cl2NO5S. The van der Waals surface area contributed by atoms with Gasteiger partial charge in [-0.25, -0.2) is 13.2 Å². The van der Waals surface area contributed by atoms with Crippen LogP contribution in [0.1, 0.15) is 15.9 Å². The molecule has 27 heavy (non-hydrogen) atoms. The Morgan fingerprint density at radius 2 is 1.78 bits per heavy atom. The molecule has 0 unspecified atom stereocenters. The molecule has 1 aliphatic rings. The SMILES string of the molecule is O=C(OCc1ccccc1Cl)c1cc(S(=O)(=O)N2CCOCC2)ccc1Cl. The first-order chi connectivity index (χ1) is 12.9. The van der Waals surface area contributed by atoms with E-state index in [0.29, 0.717) is 23.8 Å². The highest BCUT2D eigenvalue weighted by molar-refractivity contribution is 7.89. The van der Waals surface area contributed by atoms with Crippen molar-refractivity contribution in [2.45, 2.75) is 11.5 Å². The fraction of sp³-hybridized carbons (Fsp3) is 0.278. The summed E-state index contributed by atoms with van der Waals surface area (Å²) < 4.78 is 37.3. The van der Waals surface area contributed by atoms with E-state index < -0.39 is 16.0 Å². The summed E-state index contributed by atoms with van der Waals surface area (Å²) in [6.45, 7) is 1.14. The van der Waals surface area contributed by atoms with Crippen molar-refractivity contribution in [1.82, 2.24) is 4.31 Å². The third-order valence-corrected chi connectivity index (χ3v) is 6.68. The summed E-state index contributed by atoms with van der Waals surface area (Å²) in [6.07, 6.45) is 0. The molecule has 6 nitrogen and oxygen atoms in total. The molecular weight excluding hydrogens is 413 g/mol. The van der Waals surface area contributed by atoms with Crippen molar-refractivity contribution in [3.8, 4) is 0 Å². The number of morpholine rings is 1. The minimum absolute atomic E-state index is 0.0153. The Hall–Kier alpha value is -1.64. The van der Waals surface area contributed by atoms with E-state index in [1.807, 2.05) is 0 Å². The predicted octanol–water partition coefficient (Wildman–Crippen LogP) is 3.37. The van der Waals surface area contributed by atoms with Gasteiger partial charge in [-0.1, -0.05) is 41.4 Å². The molecule has 0 aromatic heterocycles. The largest absolute Gasteiger partial charge is 0.457 e. The lowest BCUT2D eigenvalue weighted by Gasteiger charge is -2.26. The number of ether oxygens (including phenoxy) is 2. The van der Waals surface area contributed by atoms with Crippen LogP contribution in [0.15, 0.2) is 47.4 Å². The maximum absolute atomic E-state index is 12.8. The summed E-state index contributed by atoms with van der Waals surface area (Å²) in [7, 11) is -3.74. The molecule has 0 N–H and O–H groups in total. The molecule has 0 bridgehead atoms. The summed E-state index contributed by atoms with van der Waals surface area (Å²) in [5.74, 6) is -0.723. The van der Waals surface area contributed by atoms with E-state index in [-0.39, 0.29) is 35.2 Å². The zero-order valence-electron chi connectivity index (χ0n) is 14.2. The molecule has 144 valence electrons. The van der Waals surface area contributed by atoms with Crippen LogP contribution >= 0.6 is 23.2 Å². The molecule has 0 aliphatic carbocycles. The van der Waals surface area contributed by atoms with Gasteiger partial charge in [-0.05, 0) is 24.3 Å². The van der Waals surface area contributed by atoms with Crippen molar-refractivity contribution in [3.63, 3.8) is 0 Å². The summed E-state index contributed by atoms with van der Waals surface area (Å²) in [5, 5.41) is 0.583. The Kier molecular flexibility index (Phi) is 6.39. The number of rotatable bonds is 5. The van der Waals surface area contributed by atoms with E-state index in [4.69, 9.17) is 32.7 Å². The van der Waals surface area contributed by atoms with Gasteiger partial charge in [-0.15, -0.1) is 0 Å². The number of nitrogens with zero attached hydrogens (tertiary/aromatic N) is 1. The Bertz CT molecular complexity index is 943. The van der Waals surface area contributed by atoms with Crippen molar-refractivity contribution >= 4 is 39.2 Å². The van der Waals surface area contributed by atoms with Gasteiger partial charge in [-0.2, -0.15) is 4.31 Å². The highest BCUT2D eigenvalue weighted by Gasteiger charge is 2.28. The van der Waals surface area contributed by atoms with Crippen LogP contribution in [0.3, 0.4) is 0 Å². The van der Waals surface area contributed by atoms with E-state index in [1.165, 1.54) is 22.5 Å². The molecule has 9 heteroatoms. The molecule has 1 heterocycles. The first kappa shape index (κ1) is 20.1. The monoisotopic (exact) mass is 429 g/mol. The quantitative estimate of drug-likeness (QED) is 0.681. The van der Waals surface area contributed by atoms with Crippen LogP contribution in [-0.2, 0) is 26.1 Å². The van der Waals surface area contributed by atoms with Gasteiger partial charge in [-0.3, -0.25) is 0 Å². The molecule has 0 amide bonds. The van der Waals surface area contributed by atoms with Gasteiger partial charge < -0.3 is 9.47 Å². The number of hydrogen-bond donors (Lipinski definition) is 0. The van der Waals surface area contributed by atoms with E-state index in [1.54, 1.807) is 24.3 Å². The minimum Gasteiger partial charge on any atom is -0.457 e. The van der Waals surface area contributed by atoms with Gasteiger partial charge in [0.2, 0.25) is 10.0 Å². The van der Waals surface area contributed by atoms with E-state index in [2.05, 4.69) is 0 Å². The second kappa shape index (κ2) is 8.58. The van der Waals surface area contributed by atoms with E-state index >= 15 is 0 Å². The number of halogens is 2. The van der Waals surface area contributed by atoms with Gasteiger partial charge in [0, 0.05) is 23.7 Å². The molecule has 2 aromatic carbocycles. The molecule has 1 saturated heterocycles. The van der Waals surface area contributed by atoms with Gasteiger partial charge >= 0.3 is 5.97 Å². The standard InChI is InChI=1S/C18H17Cl2NO5S/c19-16-4-2-1-3-13(16)12-26-18(22)15-11-14(5-6-17(15)20)27(23,24)21-7-9-25-10-8-21/h1-6,11H,7-10,12H2. The molecule has 1 fully saturated rings. The fourth-order valence-electron chi connectivity index (χ4n) is 2.59. The van der Waals surface area contributed by atoms with Crippen LogP contribution in [0.5, 0.6) is 0 Å². The third-order valence-electron chi connectivity index (χ3n) is 4.08. The molecule has 3 rings (SSSR count). The number of carbonyl (C=O) groups excluding carboxylic acids is 1. The highest BCUT2D eigenvalue weighted by atomic mass is 35.5. The van der Waals surface area contributed by atoms with Gasteiger partial charge in [0.1, 0.15) is 6.61 Å². The third kappa shape index (κ3) is 4.62. The lowest BCUT2D eigenvalue weighted by atomic mass is 10.2. The van der Waals surface area contributed by atoms with Crippen molar-refractivity contribution in [2.75, 3.05) is 26.3 Å². The molecule has 0 saturated carbocycles. The Morgan fingerprint density at radius 3 is 2.48 bits per heavy atom. The second-order valence-corrected chi connectivity index (χ2v) is 8.58. The highest BCUT2D eigenvalue weighted by Crippen LogP contribution is 2.25. The Labute approximate surface area is 167 Å². The Balaban J connectivity index is 1.80. The lowest BCUT2D eigenvalue weighted by molar-refractivity contribution is 0.0472. The average molecular weight is 430 g/mol. The van der Waals surface area contributed by atoms with Crippen LogP contribution in [0.4, 0.5) is 0 Å². The van der Waals surface area contributed by atoms with Crippen LogP contribution in [-0.4, -0.2) is 45.0 Å². The molecule has 1 aliphatic heterocycles. The summed E-state index contributed by atoms with van der Waals surface area (Å²) in [4.78, 5) is 12.4. The van der Waals surface area contributed by atoms with Gasteiger partial charge in [0.05, 0.1) is 28.7 Å². The lowest BCUT2D eigenvalue weighted by Crippen LogP contribution is -2.40.